The summed E-state index contributed by atoms with van der Waals surface area (Å²) in [6, 6.07) is 7.69. The average Bonchev–Trinajstić information content (AvgIpc) is 4.00. The molecule has 0 aliphatic carbocycles. The quantitative estimate of drug-likeness (QED) is 0.200. The number of nitrogens with one attached hydrogen (secondary N) is 2. The van der Waals surface area contributed by atoms with Gasteiger partial charge >= 0.3 is 12.0 Å². The van der Waals surface area contributed by atoms with Crippen LogP contribution in [0.25, 0.3) is 33.4 Å². The maximum atomic E-state index is 14.7. The summed E-state index contributed by atoms with van der Waals surface area (Å²) in [6.07, 6.45) is 5.19. The summed E-state index contributed by atoms with van der Waals surface area (Å²) in [7, 11) is 5.44. The van der Waals surface area contributed by atoms with E-state index < -0.39 is 35.4 Å². The molecular weight excluding hydrogens is 831 g/mol. The van der Waals surface area contributed by atoms with Crippen molar-refractivity contribution in [2.75, 3.05) is 54.0 Å². The number of rotatable bonds is 8. The zero-order valence-corrected chi connectivity index (χ0v) is 39.7. The molecule has 4 aliphatic heterocycles. The molecule has 4 amide bonds. The Kier molecular flexibility index (Phi) is 13.0. The molecular formula is C48H65N9O6S. The minimum absolute atomic E-state index is 0.117. The molecule has 1 unspecified atom stereocenters. The minimum Gasteiger partial charge on any atom is -0.464 e. The van der Waals surface area contributed by atoms with Crippen LogP contribution >= 0.6 is 11.3 Å². The van der Waals surface area contributed by atoms with Crippen LogP contribution in [0.5, 0.6) is 0 Å². The van der Waals surface area contributed by atoms with Gasteiger partial charge in [0.05, 0.1) is 40.3 Å². The molecule has 0 saturated carbocycles. The molecule has 1 spiro atoms. The molecule has 6 bridgehead atoms. The number of hydrogen-bond acceptors (Lipinski definition) is 11. The van der Waals surface area contributed by atoms with E-state index in [9.17, 15) is 19.2 Å². The Balaban J connectivity index is 1.17. The highest BCUT2D eigenvalue weighted by molar-refractivity contribution is 7.10. The molecule has 3 aromatic heterocycles. The monoisotopic (exact) mass is 895 g/mol. The lowest BCUT2D eigenvalue weighted by molar-refractivity contribution is -0.155. The maximum Gasteiger partial charge on any atom is 0.324 e. The number of aromatic nitrogens is 3. The molecule has 8 rings (SSSR count). The van der Waals surface area contributed by atoms with Gasteiger partial charge in [-0.25, -0.2) is 15.2 Å². The van der Waals surface area contributed by atoms with Crippen molar-refractivity contribution in [3.63, 3.8) is 0 Å². The third kappa shape index (κ3) is 8.65. The SMILES string of the molecule is CCn1c(-c2cccnc2[C@H](C)OC)c2c3cc(ccc31)-c1csc(n1)C[C@H](NC(=O)C(C(C)C)N(C)C(=O)N1CCCC13CN(C)C3)C(=O)N1CCC[C@H](N1)C(=O)OCC(C)(C)C2. The molecule has 3 saturated heterocycles. The molecule has 4 aromatic rings. The van der Waals surface area contributed by atoms with E-state index in [0.717, 1.165) is 70.6 Å². The normalized spacial score (nSPS) is 22.3. The molecule has 1 aromatic carbocycles. The lowest BCUT2D eigenvalue weighted by Gasteiger charge is -2.52. The second kappa shape index (κ2) is 18.2. The Bertz CT molecular complexity index is 2400. The van der Waals surface area contributed by atoms with Crippen molar-refractivity contribution in [3.05, 3.63) is 58.2 Å². The van der Waals surface area contributed by atoms with Gasteiger partial charge in [0.25, 0.3) is 5.91 Å². The fourth-order valence-corrected chi connectivity index (χ4v) is 11.4. The number of thiazole rings is 1. The Morgan fingerprint density at radius 1 is 1.12 bits per heavy atom. The summed E-state index contributed by atoms with van der Waals surface area (Å²) in [5, 5.41) is 8.28. The Hall–Kier alpha value is -4.90. The van der Waals surface area contributed by atoms with Crippen molar-refractivity contribution < 1.29 is 28.7 Å². The number of hydrazine groups is 1. The largest absolute Gasteiger partial charge is 0.464 e. The van der Waals surface area contributed by atoms with E-state index in [1.54, 1.807) is 25.3 Å². The summed E-state index contributed by atoms with van der Waals surface area (Å²) >= 11 is 1.44. The fraction of sp³-hybridized carbons (Fsp3) is 0.583. The van der Waals surface area contributed by atoms with Crippen molar-refractivity contribution in [1.29, 1.82) is 0 Å². The third-order valence-corrected chi connectivity index (χ3v) is 14.6. The molecule has 15 nitrogen and oxygen atoms in total. The number of benzene rings is 1. The maximum absolute atomic E-state index is 14.7. The first-order chi connectivity index (χ1) is 30.5. The summed E-state index contributed by atoms with van der Waals surface area (Å²) in [6.45, 7) is 15.7. The second-order valence-electron chi connectivity index (χ2n) is 19.5. The van der Waals surface area contributed by atoms with Crippen LogP contribution in [0.3, 0.4) is 0 Å². The Morgan fingerprint density at radius 3 is 2.62 bits per heavy atom. The van der Waals surface area contributed by atoms with Crippen LogP contribution in [-0.4, -0.2) is 136 Å². The van der Waals surface area contributed by atoms with E-state index in [-0.39, 0.29) is 42.5 Å². The third-order valence-electron chi connectivity index (χ3n) is 13.7. The highest BCUT2D eigenvalue weighted by Crippen LogP contribution is 2.42. The number of likely N-dealkylation sites (tertiary alicyclic amines) is 2. The van der Waals surface area contributed by atoms with Gasteiger partial charge in [0.2, 0.25) is 5.91 Å². The lowest BCUT2D eigenvalue weighted by atomic mass is 9.84. The number of amides is 4. The molecule has 4 atom stereocenters. The first-order valence-corrected chi connectivity index (χ1v) is 23.8. The number of nitrogens with zero attached hydrogens (tertiary/aromatic N) is 7. The standard InChI is InChI=1S/C48H65N9O6S/c1-10-55-38-17-16-31-22-33(38)34(42(55)32-14-11-19-49-40(32)30(4)62-9)24-47(5,6)28-63-45(60)35-15-12-21-57(52-35)44(59)36(23-39-50-37(31)25-64-39)51-43(58)41(29(2)3)54(8)46(61)56-20-13-18-48(56)26-53(7)27-48/h11,14,16-17,19,22,25,29-30,35-36,41,52H,10,12-13,15,18,20-21,23-24,26-28H2,1-9H3,(H,51,58)/t30-,35-,36-,41?/m0/s1. The van der Waals surface area contributed by atoms with Crippen molar-refractivity contribution in [2.24, 2.45) is 11.3 Å². The van der Waals surface area contributed by atoms with Crippen LogP contribution in [0, 0.1) is 11.3 Å². The highest BCUT2D eigenvalue weighted by atomic mass is 32.1. The number of esters is 1. The number of carbonyl (C=O) groups is 4. The van der Waals surface area contributed by atoms with Crippen molar-refractivity contribution in [2.45, 2.75) is 116 Å². The van der Waals surface area contributed by atoms with Crippen LogP contribution in [0.1, 0.15) is 89.6 Å². The van der Waals surface area contributed by atoms with Gasteiger partial charge in [0, 0.05) is 92.3 Å². The molecule has 3 fully saturated rings. The second-order valence-corrected chi connectivity index (χ2v) is 20.4. The molecule has 64 heavy (non-hydrogen) atoms. The fourth-order valence-electron chi connectivity index (χ4n) is 10.6. The number of carbonyl (C=O) groups excluding carboxylic acids is 4. The van der Waals surface area contributed by atoms with E-state index in [1.807, 2.05) is 37.1 Å². The van der Waals surface area contributed by atoms with Crippen molar-refractivity contribution >= 4 is 46.1 Å². The predicted octanol–water partition coefficient (Wildman–Crippen LogP) is 6.06. The van der Waals surface area contributed by atoms with Gasteiger partial charge in [-0.05, 0) is 88.7 Å². The minimum atomic E-state index is -1.03. The molecule has 16 heteroatoms. The zero-order valence-electron chi connectivity index (χ0n) is 38.9. The molecule has 0 radical (unpaired) electrons. The number of aryl methyl sites for hydroxylation is 1. The summed E-state index contributed by atoms with van der Waals surface area (Å²) in [5.74, 6) is -1.47. The molecule has 7 heterocycles. The van der Waals surface area contributed by atoms with E-state index >= 15 is 0 Å². The number of hydrogen-bond donors (Lipinski definition) is 2. The number of cyclic esters (lactones) is 1. The Labute approximate surface area is 380 Å². The predicted molar refractivity (Wildman–Crippen MR) is 247 cm³/mol. The number of likely N-dealkylation sites (N-methyl/N-ethyl adjacent to an activating group) is 2. The number of ether oxygens (including phenoxy) is 2. The first-order valence-electron chi connectivity index (χ1n) is 22.9. The lowest BCUT2D eigenvalue weighted by Crippen LogP contribution is -2.69. The van der Waals surface area contributed by atoms with Gasteiger partial charge < -0.3 is 34.1 Å². The summed E-state index contributed by atoms with van der Waals surface area (Å²) in [4.78, 5) is 72.9. The van der Waals surface area contributed by atoms with E-state index in [4.69, 9.17) is 19.4 Å². The topological polar surface area (TPSA) is 154 Å². The summed E-state index contributed by atoms with van der Waals surface area (Å²) in [5.41, 5.74) is 9.23. The van der Waals surface area contributed by atoms with Gasteiger partial charge in [-0.1, -0.05) is 33.8 Å². The van der Waals surface area contributed by atoms with Crippen LogP contribution in [0.4, 0.5) is 4.79 Å². The Morgan fingerprint density at radius 2 is 1.91 bits per heavy atom. The number of urea groups is 1. The average molecular weight is 896 g/mol. The van der Waals surface area contributed by atoms with Crippen molar-refractivity contribution in [1.82, 2.24) is 45.0 Å². The smallest absolute Gasteiger partial charge is 0.324 e. The van der Waals surface area contributed by atoms with Crippen LogP contribution in [0.2, 0.25) is 0 Å². The van der Waals surface area contributed by atoms with Crippen LogP contribution < -0.4 is 10.7 Å². The number of pyridine rings is 1. The van der Waals surface area contributed by atoms with Gasteiger partial charge in [0.1, 0.15) is 18.1 Å². The number of fused-ring (bicyclic) bond motifs is 6. The van der Waals surface area contributed by atoms with Crippen LogP contribution in [0.15, 0.2) is 41.9 Å². The van der Waals surface area contributed by atoms with Crippen LogP contribution in [-0.2, 0) is 43.2 Å². The summed E-state index contributed by atoms with van der Waals surface area (Å²) < 4.78 is 14.3. The molecule has 2 N–H and O–H groups in total. The van der Waals surface area contributed by atoms with E-state index in [0.29, 0.717) is 43.9 Å². The molecule has 344 valence electrons. The van der Waals surface area contributed by atoms with Gasteiger partial charge in [-0.2, -0.15) is 0 Å². The van der Waals surface area contributed by atoms with Gasteiger partial charge in [-0.15, -0.1) is 11.3 Å². The van der Waals surface area contributed by atoms with Crippen molar-refractivity contribution in [3.8, 4) is 22.5 Å². The molecule has 4 aliphatic rings. The number of methoxy groups -OCH3 is 1. The van der Waals surface area contributed by atoms with E-state index in [2.05, 4.69) is 72.3 Å². The highest BCUT2D eigenvalue weighted by Gasteiger charge is 2.52. The zero-order chi connectivity index (χ0) is 45.7. The van der Waals surface area contributed by atoms with Gasteiger partial charge in [-0.3, -0.25) is 24.4 Å². The van der Waals surface area contributed by atoms with E-state index in [1.165, 1.54) is 16.3 Å². The van der Waals surface area contributed by atoms with Gasteiger partial charge in [0.15, 0.2) is 0 Å². The first kappa shape index (κ1) is 45.7.